The Balaban J connectivity index is 0. The van der Waals surface area contributed by atoms with Crippen LogP contribution in [0.25, 0.3) is 0 Å². The molecule has 1 unspecified atom stereocenters. The fourth-order valence-corrected chi connectivity index (χ4v) is 1.79. The Labute approximate surface area is 115 Å². The van der Waals surface area contributed by atoms with Crippen molar-refractivity contribution in [1.29, 1.82) is 0 Å². The summed E-state index contributed by atoms with van der Waals surface area (Å²) in [5, 5.41) is 0. The van der Waals surface area contributed by atoms with Gasteiger partial charge in [0.2, 0.25) is 0 Å². The monoisotopic (exact) mass is 254 g/mol. The maximum atomic E-state index is 4.25. The summed E-state index contributed by atoms with van der Waals surface area (Å²) in [6.07, 6.45) is 9.60. The quantitative estimate of drug-likeness (QED) is 0.581. The molecule has 0 aromatic rings. The summed E-state index contributed by atoms with van der Waals surface area (Å²) in [4.78, 5) is 0. The van der Waals surface area contributed by atoms with Crippen molar-refractivity contribution in [3.63, 3.8) is 0 Å². The summed E-state index contributed by atoms with van der Waals surface area (Å²) in [5.74, 6) is 0.836. The summed E-state index contributed by atoms with van der Waals surface area (Å²) in [6, 6.07) is 0. The predicted molar refractivity (Wildman–Crippen MR) is 84.0 cm³/mol. The lowest BCUT2D eigenvalue weighted by molar-refractivity contribution is 0.277. The molecule has 0 spiro atoms. The van der Waals surface area contributed by atoms with E-state index in [1.54, 1.807) is 19.8 Å². The van der Waals surface area contributed by atoms with Crippen molar-refractivity contribution < 1.29 is 4.74 Å². The van der Waals surface area contributed by atoms with Crippen molar-refractivity contribution in [2.45, 2.75) is 60.3 Å². The van der Waals surface area contributed by atoms with Crippen LogP contribution in [0.2, 0.25) is 0 Å². The van der Waals surface area contributed by atoms with Gasteiger partial charge in [0.15, 0.2) is 0 Å². The molecule has 0 bridgehead atoms. The molecule has 1 atom stereocenters. The van der Waals surface area contributed by atoms with Gasteiger partial charge in [-0.3, -0.25) is 0 Å². The molecule has 0 aromatic heterocycles. The lowest BCUT2D eigenvalue weighted by Crippen LogP contribution is -1.93. The number of ether oxygens (including phenoxy) is 1. The molecule has 1 heteroatoms. The number of hydrogen-bond donors (Lipinski definition) is 0. The molecule has 1 saturated carbocycles. The molecule has 0 heterocycles. The SMILES string of the molecule is C=CCC1CCC/C1=C/C.CC(C)(C)C.COC. The lowest BCUT2D eigenvalue weighted by atomic mass is 9.99. The maximum Gasteiger partial charge on any atom is 0.0351 e. The average Bonchev–Trinajstić information content (AvgIpc) is 2.64. The topological polar surface area (TPSA) is 9.23 Å². The first-order valence-electron chi connectivity index (χ1n) is 6.96. The number of allylic oxidation sites excluding steroid dienone is 3. The Morgan fingerprint density at radius 3 is 2.06 bits per heavy atom. The summed E-state index contributed by atoms with van der Waals surface area (Å²) in [5.41, 5.74) is 2.15. The second-order valence-electron chi connectivity index (χ2n) is 6.39. The molecule has 0 saturated heterocycles. The van der Waals surface area contributed by atoms with E-state index in [1.807, 2.05) is 6.08 Å². The highest BCUT2D eigenvalue weighted by Crippen LogP contribution is 2.33. The smallest absolute Gasteiger partial charge is 0.0351 e. The van der Waals surface area contributed by atoms with Crippen LogP contribution in [0.1, 0.15) is 60.3 Å². The minimum absolute atomic E-state index is 0.500. The molecule has 1 nitrogen and oxygen atoms in total. The average molecular weight is 254 g/mol. The lowest BCUT2D eigenvalue weighted by Gasteiger charge is -2.06. The minimum Gasteiger partial charge on any atom is -0.388 e. The third-order valence-corrected chi connectivity index (χ3v) is 2.36. The van der Waals surface area contributed by atoms with Gasteiger partial charge in [0, 0.05) is 14.2 Å². The van der Waals surface area contributed by atoms with Gasteiger partial charge in [-0.15, -0.1) is 6.58 Å². The summed E-state index contributed by atoms with van der Waals surface area (Å²) < 4.78 is 4.25. The van der Waals surface area contributed by atoms with Crippen molar-refractivity contribution in [3.05, 3.63) is 24.3 Å². The van der Waals surface area contributed by atoms with Crippen molar-refractivity contribution in [2.75, 3.05) is 14.2 Å². The number of methoxy groups -OCH3 is 1. The van der Waals surface area contributed by atoms with Crippen LogP contribution in [-0.2, 0) is 4.74 Å². The van der Waals surface area contributed by atoms with Gasteiger partial charge in [0.25, 0.3) is 0 Å². The van der Waals surface area contributed by atoms with Crippen molar-refractivity contribution >= 4 is 0 Å². The largest absolute Gasteiger partial charge is 0.388 e. The van der Waals surface area contributed by atoms with E-state index in [-0.39, 0.29) is 0 Å². The van der Waals surface area contributed by atoms with Crippen molar-refractivity contribution in [2.24, 2.45) is 11.3 Å². The van der Waals surface area contributed by atoms with Crippen molar-refractivity contribution in [3.8, 4) is 0 Å². The van der Waals surface area contributed by atoms with Crippen molar-refractivity contribution in [1.82, 2.24) is 0 Å². The fraction of sp³-hybridized carbons (Fsp3) is 0.765. The molecule has 108 valence electrons. The van der Waals surface area contributed by atoms with Gasteiger partial charge in [-0.25, -0.2) is 0 Å². The third-order valence-electron chi connectivity index (χ3n) is 2.36. The highest BCUT2D eigenvalue weighted by Gasteiger charge is 2.17. The molecule has 1 aliphatic carbocycles. The Morgan fingerprint density at radius 1 is 1.28 bits per heavy atom. The second-order valence-corrected chi connectivity index (χ2v) is 6.39. The zero-order valence-corrected chi connectivity index (χ0v) is 13.7. The van der Waals surface area contributed by atoms with Crippen LogP contribution in [0.5, 0.6) is 0 Å². The van der Waals surface area contributed by atoms with Crippen LogP contribution in [0.4, 0.5) is 0 Å². The zero-order valence-electron chi connectivity index (χ0n) is 13.7. The summed E-state index contributed by atoms with van der Waals surface area (Å²) in [6.45, 7) is 14.7. The molecule has 0 radical (unpaired) electrons. The van der Waals surface area contributed by atoms with E-state index < -0.39 is 0 Å². The normalized spacial score (nSPS) is 20.6. The van der Waals surface area contributed by atoms with Gasteiger partial charge in [0.1, 0.15) is 0 Å². The molecule has 1 aliphatic rings. The first kappa shape index (κ1) is 19.8. The van der Waals surface area contributed by atoms with E-state index in [0.717, 1.165) is 5.92 Å². The molecule has 0 aromatic carbocycles. The predicted octanol–water partition coefficient (Wildman–Crippen LogP) is 5.62. The first-order chi connectivity index (χ1) is 8.29. The van der Waals surface area contributed by atoms with Gasteiger partial charge < -0.3 is 4.74 Å². The van der Waals surface area contributed by atoms with Gasteiger partial charge in [-0.1, -0.05) is 45.4 Å². The van der Waals surface area contributed by atoms with Crippen LogP contribution < -0.4 is 0 Å². The van der Waals surface area contributed by atoms with Gasteiger partial charge in [-0.05, 0) is 43.9 Å². The van der Waals surface area contributed by atoms with E-state index in [2.05, 4.69) is 52.0 Å². The molecule has 1 fully saturated rings. The minimum atomic E-state index is 0.500. The van der Waals surface area contributed by atoms with Gasteiger partial charge in [0.05, 0.1) is 0 Å². The Morgan fingerprint density at radius 2 is 1.72 bits per heavy atom. The second kappa shape index (κ2) is 11.5. The van der Waals surface area contributed by atoms with E-state index >= 15 is 0 Å². The number of hydrogen-bond acceptors (Lipinski definition) is 1. The standard InChI is InChI=1S/C10H16.C5H12.C2H6O/c1-3-6-10-8-5-7-9(10)4-2;1-5(2,3)4;1-3-2/h3-4,10H,1,5-8H2,2H3;1-4H3;1-2H3/b9-4-;;. The molecule has 0 N–H and O–H groups in total. The Hall–Kier alpha value is -0.560. The zero-order chi connectivity index (χ0) is 14.6. The van der Waals surface area contributed by atoms with E-state index in [9.17, 15) is 0 Å². The Kier molecular flexibility index (Phi) is 12.7. The number of rotatable bonds is 2. The first-order valence-corrected chi connectivity index (χ1v) is 6.96. The van der Waals surface area contributed by atoms with Crippen LogP contribution >= 0.6 is 0 Å². The van der Waals surface area contributed by atoms with Crippen LogP contribution in [0.3, 0.4) is 0 Å². The third kappa shape index (κ3) is 15.4. The van der Waals surface area contributed by atoms with E-state index in [1.165, 1.54) is 25.7 Å². The highest BCUT2D eigenvalue weighted by molar-refractivity contribution is 5.11. The molecule has 0 aliphatic heterocycles. The van der Waals surface area contributed by atoms with Crippen LogP contribution in [-0.4, -0.2) is 14.2 Å². The summed E-state index contributed by atoms with van der Waals surface area (Å²) >= 11 is 0. The highest BCUT2D eigenvalue weighted by atomic mass is 16.4. The molecular formula is C17H34O. The van der Waals surface area contributed by atoms with E-state index in [0.29, 0.717) is 5.41 Å². The Bertz CT molecular complexity index is 214. The van der Waals surface area contributed by atoms with E-state index in [4.69, 9.17) is 0 Å². The van der Waals surface area contributed by atoms with Crippen LogP contribution in [0, 0.1) is 11.3 Å². The van der Waals surface area contributed by atoms with Crippen LogP contribution in [0.15, 0.2) is 24.3 Å². The molecule has 0 amide bonds. The summed E-state index contributed by atoms with van der Waals surface area (Å²) in [7, 11) is 3.25. The molecular weight excluding hydrogens is 220 g/mol. The fourth-order valence-electron chi connectivity index (χ4n) is 1.79. The maximum absolute atomic E-state index is 4.25. The van der Waals surface area contributed by atoms with Gasteiger partial charge in [-0.2, -0.15) is 0 Å². The molecule has 1 rings (SSSR count). The van der Waals surface area contributed by atoms with Gasteiger partial charge >= 0.3 is 0 Å². The molecule has 18 heavy (non-hydrogen) atoms.